The lowest BCUT2D eigenvalue weighted by Gasteiger charge is -2.32. The number of hydrogen-bond acceptors (Lipinski definition) is 2. The summed E-state index contributed by atoms with van der Waals surface area (Å²) < 4.78 is 40.8. The molecule has 0 spiro atoms. The zero-order valence-corrected chi connectivity index (χ0v) is 23.6. The first-order valence-corrected chi connectivity index (χ1v) is 14.3. The number of carboxylic acid groups (broad SMARTS) is 1. The van der Waals surface area contributed by atoms with Crippen LogP contribution in [0.15, 0.2) is 97.1 Å². The first-order chi connectivity index (χ1) is 19.7. The molecule has 41 heavy (non-hydrogen) atoms. The summed E-state index contributed by atoms with van der Waals surface area (Å²) in [6, 6.07) is 22.0. The highest BCUT2D eigenvalue weighted by Gasteiger charge is 2.34. The van der Waals surface area contributed by atoms with Gasteiger partial charge in [0.2, 0.25) is 0 Å². The molecule has 2 atom stereocenters. The lowest BCUT2D eigenvalue weighted by molar-refractivity contribution is -0.138. The fraction of sp³-hybridized carbons (Fsp3) is 0.324. The second-order valence-corrected chi connectivity index (χ2v) is 11.0. The maximum Gasteiger partial charge on any atom is 0.417 e. The first kappa shape index (κ1) is 30.6. The van der Waals surface area contributed by atoms with Crippen molar-refractivity contribution in [2.75, 3.05) is 13.1 Å². The molecule has 0 radical (unpaired) electrons. The molecule has 7 heteroatoms. The Labute approximate surface area is 245 Å². The smallest absolute Gasteiger partial charge is 0.417 e. The first-order valence-electron chi connectivity index (χ1n) is 14.0. The Morgan fingerprint density at radius 3 is 2.44 bits per heavy atom. The zero-order valence-electron chi connectivity index (χ0n) is 22.9. The molecule has 1 aliphatic carbocycles. The second-order valence-electron chi connectivity index (χ2n) is 10.6. The normalized spacial score (nSPS) is 15.8. The Hall–Kier alpha value is -3.35. The minimum Gasteiger partial charge on any atom is -0.481 e. The van der Waals surface area contributed by atoms with Crippen LogP contribution in [0.3, 0.4) is 0 Å². The predicted octanol–water partition coefficient (Wildman–Crippen LogP) is 8.73. The summed E-state index contributed by atoms with van der Waals surface area (Å²) in [4.78, 5) is 13.3. The lowest BCUT2D eigenvalue weighted by atomic mass is 9.81. The average Bonchev–Trinajstić information content (AvgIpc) is 2.95. The van der Waals surface area contributed by atoms with Crippen LogP contribution in [0.1, 0.15) is 53.0 Å². The average molecular weight is 582 g/mol. The number of allylic oxidation sites excluding steroid dienone is 4. The molecule has 2 unspecified atom stereocenters. The molecule has 3 nitrogen and oxygen atoms in total. The van der Waals surface area contributed by atoms with Gasteiger partial charge < -0.3 is 5.11 Å². The van der Waals surface area contributed by atoms with Crippen LogP contribution < -0.4 is 0 Å². The van der Waals surface area contributed by atoms with Crippen LogP contribution in [0.2, 0.25) is 5.02 Å². The number of unbranched alkanes of at least 4 members (excludes halogenated alkanes) is 1. The number of hydrogen-bond donors (Lipinski definition) is 1. The molecule has 0 saturated heterocycles. The summed E-state index contributed by atoms with van der Waals surface area (Å²) >= 11 is 6.32. The van der Waals surface area contributed by atoms with Crippen LogP contribution >= 0.6 is 11.6 Å². The van der Waals surface area contributed by atoms with Crippen molar-refractivity contribution in [3.05, 3.63) is 130 Å². The SMILES string of the molecule is O=C(O)Cc1cccc(CCCCN(Cc2cccc(C(F)(F)F)c2Cl)CC(c2ccccc2)C2C=CC=CC2)c1. The molecule has 0 bridgehead atoms. The number of carboxylic acids is 1. The molecule has 0 heterocycles. The van der Waals surface area contributed by atoms with E-state index in [0.717, 1.165) is 42.9 Å². The molecule has 0 saturated carbocycles. The van der Waals surface area contributed by atoms with E-state index >= 15 is 0 Å². The standard InChI is InChI=1S/C34H35ClF3NO2/c35-33-29(18-10-19-31(33)34(36,37)38)23-39(20-8-7-11-25-12-9-13-26(21-25)22-32(40)41)24-30(27-14-3-1-4-15-27)28-16-5-2-6-17-28/h1-6,9-10,12-16,18-19,21,28,30H,7-8,11,17,20,22-24H2,(H,40,41). The van der Waals surface area contributed by atoms with Crippen LogP contribution in [0.5, 0.6) is 0 Å². The van der Waals surface area contributed by atoms with E-state index in [0.29, 0.717) is 25.2 Å². The van der Waals surface area contributed by atoms with Gasteiger partial charge in [-0.05, 0) is 66.5 Å². The molecule has 4 rings (SSSR count). The number of alkyl halides is 3. The van der Waals surface area contributed by atoms with Crippen LogP contribution in [-0.2, 0) is 30.4 Å². The third-order valence-electron chi connectivity index (χ3n) is 7.53. The molecule has 3 aromatic rings. The summed E-state index contributed by atoms with van der Waals surface area (Å²) in [5.74, 6) is -0.421. The predicted molar refractivity (Wildman–Crippen MR) is 158 cm³/mol. The van der Waals surface area contributed by atoms with Gasteiger partial charge in [0.05, 0.1) is 17.0 Å². The minimum atomic E-state index is -4.51. The van der Waals surface area contributed by atoms with Crippen molar-refractivity contribution in [3.63, 3.8) is 0 Å². The highest BCUT2D eigenvalue weighted by atomic mass is 35.5. The number of rotatable bonds is 13. The minimum absolute atomic E-state index is 0.00889. The fourth-order valence-electron chi connectivity index (χ4n) is 5.50. The van der Waals surface area contributed by atoms with Gasteiger partial charge in [0.1, 0.15) is 0 Å². The number of benzene rings is 3. The lowest BCUT2D eigenvalue weighted by Crippen LogP contribution is -2.32. The van der Waals surface area contributed by atoms with Gasteiger partial charge in [-0.3, -0.25) is 9.69 Å². The van der Waals surface area contributed by atoms with Crippen molar-refractivity contribution in [2.24, 2.45) is 5.92 Å². The van der Waals surface area contributed by atoms with Crippen molar-refractivity contribution in [1.29, 1.82) is 0 Å². The van der Waals surface area contributed by atoms with E-state index in [9.17, 15) is 18.0 Å². The Kier molecular flexibility index (Phi) is 10.8. The Morgan fingerprint density at radius 1 is 0.976 bits per heavy atom. The Bertz CT molecular complexity index is 1350. The van der Waals surface area contributed by atoms with Crippen LogP contribution in [-0.4, -0.2) is 29.1 Å². The van der Waals surface area contributed by atoms with Gasteiger partial charge in [-0.15, -0.1) is 0 Å². The van der Waals surface area contributed by atoms with Crippen molar-refractivity contribution < 1.29 is 23.1 Å². The van der Waals surface area contributed by atoms with E-state index in [1.807, 2.05) is 48.5 Å². The molecule has 1 aliphatic rings. The summed E-state index contributed by atoms with van der Waals surface area (Å²) in [7, 11) is 0. The van der Waals surface area contributed by atoms with Gasteiger partial charge in [-0.1, -0.05) is 103 Å². The van der Waals surface area contributed by atoms with Crippen molar-refractivity contribution in [3.8, 4) is 0 Å². The molecular weight excluding hydrogens is 547 g/mol. The van der Waals surface area contributed by atoms with E-state index in [2.05, 4.69) is 35.3 Å². The molecule has 1 N–H and O–H groups in total. The van der Waals surface area contributed by atoms with Gasteiger partial charge in [-0.2, -0.15) is 13.2 Å². The largest absolute Gasteiger partial charge is 0.481 e. The van der Waals surface area contributed by atoms with Gasteiger partial charge in [0.15, 0.2) is 0 Å². The topological polar surface area (TPSA) is 40.5 Å². The van der Waals surface area contributed by atoms with Crippen LogP contribution in [0.4, 0.5) is 13.2 Å². The summed E-state index contributed by atoms with van der Waals surface area (Å²) in [6.07, 6.45) is 7.37. The van der Waals surface area contributed by atoms with Crippen LogP contribution in [0, 0.1) is 5.92 Å². The maximum atomic E-state index is 13.6. The Morgan fingerprint density at radius 2 is 1.73 bits per heavy atom. The molecule has 0 fully saturated rings. The molecular formula is C34H35ClF3NO2. The summed E-state index contributed by atoms with van der Waals surface area (Å²) in [6.45, 7) is 1.68. The van der Waals surface area contributed by atoms with Crippen molar-refractivity contribution in [2.45, 2.75) is 50.7 Å². The molecule has 0 amide bonds. The van der Waals surface area contributed by atoms with E-state index in [1.165, 1.54) is 11.6 Å². The van der Waals surface area contributed by atoms with Gasteiger partial charge in [0, 0.05) is 19.0 Å². The molecule has 0 aromatic heterocycles. The van der Waals surface area contributed by atoms with Gasteiger partial charge >= 0.3 is 12.1 Å². The van der Waals surface area contributed by atoms with Gasteiger partial charge in [-0.25, -0.2) is 0 Å². The van der Waals surface area contributed by atoms with E-state index in [-0.39, 0.29) is 23.3 Å². The third-order valence-corrected chi connectivity index (χ3v) is 7.97. The second kappa shape index (κ2) is 14.5. The van der Waals surface area contributed by atoms with Crippen molar-refractivity contribution in [1.82, 2.24) is 4.90 Å². The molecule has 216 valence electrons. The number of halogens is 4. The number of aliphatic carboxylic acids is 1. The fourth-order valence-corrected chi connectivity index (χ4v) is 5.79. The molecule has 3 aromatic carbocycles. The summed E-state index contributed by atoms with van der Waals surface area (Å²) in [5.41, 5.74) is 2.72. The van der Waals surface area contributed by atoms with Gasteiger partial charge in [0.25, 0.3) is 0 Å². The highest BCUT2D eigenvalue weighted by molar-refractivity contribution is 6.32. The van der Waals surface area contributed by atoms with Crippen LogP contribution in [0.25, 0.3) is 0 Å². The number of aryl methyl sites for hydroxylation is 1. The monoisotopic (exact) mass is 581 g/mol. The highest BCUT2D eigenvalue weighted by Crippen LogP contribution is 2.37. The van der Waals surface area contributed by atoms with E-state index in [4.69, 9.17) is 16.7 Å². The number of carbonyl (C=O) groups is 1. The van der Waals surface area contributed by atoms with Crippen molar-refractivity contribution >= 4 is 17.6 Å². The third kappa shape index (κ3) is 9.07. The zero-order chi connectivity index (χ0) is 29.2. The summed E-state index contributed by atoms with van der Waals surface area (Å²) in [5, 5.41) is 8.86. The quantitative estimate of drug-likeness (QED) is 0.205. The number of nitrogens with zero attached hydrogens (tertiary/aromatic N) is 1. The van der Waals surface area contributed by atoms with E-state index in [1.54, 1.807) is 6.07 Å². The molecule has 0 aliphatic heterocycles. The Balaban J connectivity index is 1.52. The van der Waals surface area contributed by atoms with E-state index < -0.39 is 17.7 Å². The maximum absolute atomic E-state index is 13.6.